The van der Waals surface area contributed by atoms with Gasteiger partial charge in [-0.05, 0) is 31.9 Å². The van der Waals surface area contributed by atoms with E-state index in [-0.39, 0.29) is 16.2 Å². The number of halogens is 1. The first kappa shape index (κ1) is 18.5. The molecule has 4 rings (SSSR count). The maximum absolute atomic E-state index is 12.9. The molecule has 2 fully saturated rings. The van der Waals surface area contributed by atoms with Crippen LogP contribution in [-0.2, 0) is 4.74 Å². The molecule has 6 nitrogen and oxygen atoms in total. The number of carbonyl (C=O) groups is 1. The molecule has 0 N–H and O–H groups in total. The van der Waals surface area contributed by atoms with E-state index < -0.39 is 0 Å². The lowest BCUT2D eigenvalue weighted by Crippen LogP contribution is -2.36. The number of rotatable bonds is 3. The Hall–Kier alpha value is -1.86. The van der Waals surface area contributed by atoms with Gasteiger partial charge in [-0.25, -0.2) is 0 Å². The van der Waals surface area contributed by atoms with Crippen molar-refractivity contribution in [2.45, 2.75) is 24.6 Å². The van der Waals surface area contributed by atoms with Crippen LogP contribution in [0.2, 0.25) is 0 Å². The number of hydrogen-bond acceptors (Lipinski definition) is 5. The monoisotopic (exact) mass is 434 g/mol. The summed E-state index contributed by atoms with van der Waals surface area (Å²) in [4.78, 5) is 29.5. The van der Waals surface area contributed by atoms with Crippen molar-refractivity contribution in [2.24, 2.45) is 0 Å². The standard InChI is InChI=1S/C20H23BrN2O4/c1-13(21)15-10-14(20(25)23-4-2-3-5-23)11-16-17(24)12-18(27-19(15)16)22-6-8-26-9-7-22/h10-13H,2-9H2,1H3. The van der Waals surface area contributed by atoms with Gasteiger partial charge in [0.15, 0.2) is 11.3 Å². The quantitative estimate of drug-likeness (QED) is 0.693. The molecule has 0 bridgehead atoms. The van der Waals surface area contributed by atoms with Crippen molar-refractivity contribution in [1.82, 2.24) is 4.90 Å². The molecule has 2 saturated heterocycles. The van der Waals surface area contributed by atoms with E-state index in [1.165, 1.54) is 6.07 Å². The topological polar surface area (TPSA) is 63.0 Å². The van der Waals surface area contributed by atoms with Crippen LogP contribution >= 0.6 is 15.9 Å². The van der Waals surface area contributed by atoms with Crippen LogP contribution in [0.3, 0.4) is 0 Å². The second kappa shape index (κ2) is 7.64. The van der Waals surface area contributed by atoms with Crippen LogP contribution in [-0.4, -0.2) is 50.2 Å². The molecular formula is C20H23BrN2O4. The molecule has 7 heteroatoms. The summed E-state index contributed by atoms with van der Waals surface area (Å²) in [6, 6.07) is 5.07. The normalized spacial score (nSPS) is 18.9. The van der Waals surface area contributed by atoms with Gasteiger partial charge in [0, 0.05) is 48.2 Å². The van der Waals surface area contributed by atoms with Crippen LogP contribution in [0.4, 0.5) is 5.88 Å². The van der Waals surface area contributed by atoms with Crippen molar-refractivity contribution in [1.29, 1.82) is 0 Å². The van der Waals surface area contributed by atoms with Crippen LogP contribution in [0.15, 0.2) is 27.4 Å². The third-order valence-electron chi connectivity index (χ3n) is 5.24. The molecule has 0 spiro atoms. The highest BCUT2D eigenvalue weighted by molar-refractivity contribution is 9.09. The third kappa shape index (κ3) is 3.62. The highest BCUT2D eigenvalue weighted by Crippen LogP contribution is 2.32. The lowest BCUT2D eigenvalue weighted by Gasteiger charge is -2.27. The molecule has 0 radical (unpaired) electrons. The maximum atomic E-state index is 12.9. The summed E-state index contributed by atoms with van der Waals surface area (Å²) in [5.41, 5.74) is 1.80. The van der Waals surface area contributed by atoms with E-state index in [1.807, 2.05) is 22.8 Å². The molecular weight excluding hydrogens is 412 g/mol. The molecule has 1 aromatic heterocycles. The molecule has 144 valence electrons. The minimum absolute atomic E-state index is 0.0135. The van der Waals surface area contributed by atoms with E-state index in [9.17, 15) is 9.59 Å². The Morgan fingerprint density at radius 2 is 1.81 bits per heavy atom. The summed E-state index contributed by atoms with van der Waals surface area (Å²) in [6.07, 6.45) is 2.07. The Morgan fingerprint density at radius 3 is 2.48 bits per heavy atom. The number of ether oxygens (including phenoxy) is 1. The number of amides is 1. The Bertz CT molecular complexity index is 912. The molecule has 0 saturated carbocycles. The second-order valence-electron chi connectivity index (χ2n) is 7.11. The van der Waals surface area contributed by atoms with Crippen molar-refractivity contribution in [3.8, 4) is 0 Å². The third-order valence-corrected chi connectivity index (χ3v) is 5.73. The molecule has 2 aliphatic heterocycles. The van der Waals surface area contributed by atoms with Gasteiger partial charge in [-0.1, -0.05) is 15.9 Å². The summed E-state index contributed by atoms with van der Waals surface area (Å²) in [5, 5.41) is 0.457. The number of likely N-dealkylation sites (tertiary alicyclic amines) is 1. The lowest BCUT2D eigenvalue weighted by molar-refractivity contribution is 0.0793. The predicted octanol–water partition coefficient (Wildman–Crippen LogP) is 3.32. The van der Waals surface area contributed by atoms with Crippen LogP contribution in [0.5, 0.6) is 0 Å². The zero-order valence-corrected chi connectivity index (χ0v) is 17.0. The lowest BCUT2D eigenvalue weighted by atomic mass is 10.0. The van der Waals surface area contributed by atoms with Gasteiger partial charge in [-0.3, -0.25) is 9.59 Å². The summed E-state index contributed by atoms with van der Waals surface area (Å²) in [6.45, 7) is 6.15. The van der Waals surface area contributed by atoms with Crippen LogP contribution < -0.4 is 10.3 Å². The van der Waals surface area contributed by atoms with Gasteiger partial charge < -0.3 is 19.0 Å². The minimum Gasteiger partial charge on any atom is -0.440 e. The van der Waals surface area contributed by atoms with Gasteiger partial charge in [0.25, 0.3) is 5.91 Å². The van der Waals surface area contributed by atoms with Crippen molar-refractivity contribution < 1.29 is 13.9 Å². The SMILES string of the molecule is CC(Br)c1cc(C(=O)N2CCCC2)cc2c(=O)cc(N3CCOCC3)oc12. The second-order valence-corrected chi connectivity index (χ2v) is 8.48. The Balaban J connectivity index is 1.82. The van der Waals surface area contributed by atoms with Gasteiger partial charge >= 0.3 is 0 Å². The van der Waals surface area contributed by atoms with Crippen LogP contribution in [0.25, 0.3) is 11.0 Å². The molecule has 3 heterocycles. The number of hydrogen-bond donors (Lipinski definition) is 0. The highest BCUT2D eigenvalue weighted by Gasteiger charge is 2.24. The van der Waals surface area contributed by atoms with Gasteiger partial charge in [0.1, 0.15) is 5.58 Å². The maximum Gasteiger partial charge on any atom is 0.253 e. The summed E-state index contributed by atoms with van der Waals surface area (Å²) < 4.78 is 11.5. The number of anilines is 1. The predicted molar refractivity (Wildman–Crippen MR) is 108 cm³/mol. The van der Waals surface area contributed by atoms with Gasteiger partial charge in [-0.15, -0.1) is 0 Å². The van der Waals surface area contributed by atoms with E-state index in [0.29, 0.717) is 48.7 Å². The van der Waals surface area contributed by atoms with E-state index in [0.717, 1.165) is 31.5 Å². The number of alkyl halides is 1. The Kier molecular flexibility index (Phi) is 5.23. The molecule has 27 heavy (non-hydrogen) atoms. The molecule has 1 aromatic carbocycles. The molecule has 2 aromatic rings. The number of carbonyl (C=O) groups excluding carboxylic acids is 1. The molecule has 1 amide bonds. The van der Waals surface area contributed by atoms with Gasteiger partial charge in [-0.2, -0.15) is 0 Å². The average Bonchev–Trinajstić information content (AvgIpc) is 3.22. The zero-order chi connectivity index (χ0) is 19.0. The fourth-order valence-corrected chi connectivity index (χ4v) is 4.07. The summed E-state index contributed by atoms with van der Waals surface area (Å²) in [5.74, 6) is 0.546. The molecule has 1 atom stereocenters. The first-order valence-corrected chi connectivity index (χ1v) is 10.3. The van der Waals surface area contributed by atoms with E-state index in [1.54, 1.807) is 6.07 Å². The first-order chi connectivity index (χ1) is 13.0. The highest BCUT2D eigenvalue weighted by atomic mass is 79.9. The largest absolute Gasteiger partial charge is 0.440 e. The number of benzene rings is 1. The van der Waals surface area contributed by atoms with Crippen molar-refractivity contribution in [2.75, 3.05) is 44.3 Å². The molecule has 0 aliphatic carbocycles. The fraction of sp³-hybridized carbons (Fsp3) is 0.500. The van der Waals surface area contributed by atoms with E-state index in [4.69, 9.17) is 9.15 Å². The van der Waals surface area contributed by atoms with E-state index >= 15 is 0 Å². The van der Waals surface area contributed by atoms with Crippen LogP contribution in [0.1, 0.15) is 40.5 Å². The number of fused-ring (bicyclic) bond motifs is 1. The number of morpholine rings is 1. The minimum atomic E-state index is -0.122. The number of nitrogens with zero attached hydrogens (tertiary/aromatic N) is 2. The average molecular weight is 435 g/mol. The molecule has 2 aliphatic rings. The van der Waals surface area contributed by atoms with Crippen molar-refractivity contribution >= 4 is 38.7 Å². The fourth-order valence-electron chi connectivity index (χ4n) is 3.73. The van der Waals surface area contributed by atoms with Gasteiger partial charge in [0.05, 0.1) is 18.6 Å². The Labute approximate surface area is 166 Å². The Morgan fingerprint density at radius 1 is 1.11 bits per heavy atom. The zero-order valence-electron chi connectivity index (χ0n) is 15.4. The summed E-state index contributed by atoms with van der Waals surface area (Å²) >= 11 is 3.60. The smallest absolute Gasteiger partial charge is 0.253 e. The van der Waals surface area contributed by atoms with Gasteiger partial charge in [0.2, 0.25) is 0 Å². The van der Waals surface area contributed by atoms with E-state index in [2.05, 4.69) is 15.9 Å². The van der Waals surface area contributed by atoms with Crippen molar-refractivity contribution in [3.05, 3.63) is 39.5 Å². The first-order valence-electron chi connectivity index (χ1n) is 9.42. The van der Waals surface area contributed by atoms with Crippen LogP contribution in [0, 0.1) is 0 Å². The molecule has 1 unspecified atom stereocenters. The summed E-state index contributed by atoms with van der Waals surface area (Å²) in [7, 11) is 0. The van der Waals surface area contributed by atoms with Crippen molar-refractivity contribution in [3.63, 3.8) is 0 Å².